The second-order valence-corrected chi connectivity index (χ2v) is 9.52. The van der Waals surface area contributed by atoms with Crippen LogP contribution in [0.15, 0.2) is 35.5 Å². The molecule has 3 N–H and O–H groups in total. The highest BCUT2D eigenvalue weighted by Gasteiger charge is 2.41. The number of amides is 2. The number of ether oxygens (including phenoxy) is 1. The van der Waals surface area contributed by atoms with E-state index in [1.807, 2.05) is 6.92 Å². The Morgan fingerprint density at radius 1 is 1.24 bits per heavy atom. The number of carbonyl (C=O) groups is 2. The summed E-state index contributed by atoms with van der Waals surface area (Å²) >= 11 is 0. The Morgan fingerprint density at radius 3 is 2.82 bits per heavy atom. The molecular formula is C25H31FN4O4. The lowest BCUT2D eigenvalue weighted by Crippen LogP contribution is -2.47. The van der Waals surface area contributed by atoms with E-state index in [9.17, 15) is 19.1 Å². The van der Waals surface area contributed by atoms with Crippen molar-refractivity contribution in [2.45, 2.75) is 31.9 Å². The van der Waals surface area contributed by atoms with Crippen LogP contribution in [-0.2, 0) is 14.3 Å². The van der Waals surface area contributed by atoms with Crippen molar-refractivity contribution in [1.82, 2.24) is 15.1 Å². The number of hydrogen-bond donors (Lipinski definition) is 3. The van der Waals surface area contributed by atoms with Gasteiger partial charge in [-0.2, -0.15) is 0 Å². The minimum absolute atomic E-state index is 0.00393. The number of rotatable bonds is 5. The van der Waals surface area contributed by atoms with Gasteiger partial charge >= 0.3 is 0 Å². The SMILES string of the molecule is CC1=C(/C=C2\C(=O)Nc3ccc(F)cc32)NC2CCCN(CC(O)CN3CCOCC3)C(=O)C12. The van der Waals surface area contributed by atoms with E-state index in [2.05, 4.69) is 15.5 Å². The maximum atomic E-state index is 13.8. The van der Waals surface area contributed by atoms with Gasteiger partial charge in [-0.1, -0.05) is 0 Å². The first-order valence-electron chi connectivity index (χ1n) is 12.0. The van der Waals surface area contributed by atoms with Crippen molar-refractivity contribution in [2.24, 2.45) is 5.92 Å². The quantitative estimate of drug-likeness (QED) is 0.563. The van der Waals surface area contributed by atoms with Crippen LogP contribution in [0, 0.1) is 11.7 Å². The second-order valence-electron chi connectivity index (χ2n) is 9.52. The molecule has 34 heavy (non-hydrogen) atoms. The highest BCUT2D eigenvalue weighted by atomic mass is 19.1. The Bertz CT molecular complexity index is 1050. The lowest BCUT2D eigenvalue weighted by molar-refractivity contribution is -0.135. The molecule has 4 heterocycles. The monoisotopic (exact) mass is 470 g/mol. The standard InChI is InChI=1S/C25H31FN4O4/c1-15-22(12-19-18-11-16(26)4-5-20(18)28-24(19)32)27-21-3-2-6-30(25(33)23(15)21)14-17(31)13-29-7-9-34-10-8-29/h4-5,11-12,17,21,23,27,31H,2-3,6-10,13-14H2,1H3,(H,28,32)/b19-12-. The Balaban J connectivity index is 1.33. The van der Waals surface area contributed by atoms with Gasteiger partial charge in [-0.05, 0) is 49.6 Å². The second kappa shape index (κ2) is 9.48. The number of β-amino-alcohol motifs (C(OH)–C–C–N with tert-alkyl or cyclic N) is 1. The van der Waals surface area contributed by atoms with Gasteiger partial charge in [-0.25, -0.2) is 4.39 Å². The average molecular weight is 471 g/mol. The summed E-state index contributed by atoms with van der Waals surface area (Å²) < 4.78 is 19.2. The predicted molar refractivity (Wildman–Crippen MR) is 125 cm³/mol. The molecule has 3 atom stereocenters. The number of nitrogens with one attached hydrogen (secondary N) is 2. The van der Waals surface area contributed by atoms with E-state index >= 15 is 0 Å². The fraction of sp³-hybridized carbons (Fsp3) is 0.520. The third-order valence-electron chi connectivity index (χ3n) is 7.21. The molecule has 0 aliphatic carbocycles. The zero-order valence-corrected chi connectivity index (χ0v) is 19.3. The molecule has 4 aliphatic rings. The number of fused-ring (bicyclic) bond motifs is 2. The first kappa shape index (κ1) is 23.0. The predicted octanol–water partition coefficient (Wildman–Crippen LogP) is 1.34. The number of allylic oxidation sites excluding steroid dienone is 1. The fourth-order valence-corrected chi connectivity index (χ4v) is 5.45. The summed E-state index contributed by atoms with van der Waals surface area (Å²) in [7, 11) is 0. The number of likely N-dealkylation sites (tertiary alicyclic amines) is 1. The summed E-state index contributed by atoms with van der Waals surface area (Å²) in [5.74, 6) is -1.03. The molecule has 1 aromatic rings. The first-order valence-corrected chi connectivity index (χ1v) is 12.0. The highest BCUT2D eigenvalue weighted by molar-refractivity contribution is 6.31. The van der Waals surface area contributed by atoms with E-state index in [1.165, 1.54) is 12.1 Å². The number of aliphatic hydroxyl groups excluding tert-OH is 1. The molecule has 2 amide bonds. The highest BCUT2D eigenvalue weighted by Crippen LogP contribution is 2.37. The summed E-state index contributed by atoms with van der Waals surface area (Å²) in [5.41, 5.74) is 3.10. The molecular weight excluding hydrogens is 439 g/mol. The van der Waals surface area contributed by atoms with Crippen molar-refractivity contribution in [3.05, 3.63) is 46.9 Å². The summed E-state index contributed by atoms with van der Waals surface area (Å²) in [5, 5.41) is 16.9. The molecule has 5 rings (SSSR count). The van der Waals surface area contributed by atoms with Crippen LogP contribution >= 0.6 is 0 Å². The Morgan fingerprint density at radius 2 is 2.03 bits per heavy atom. The molecule has 8 nitrogen and oxygen atoms in total. The number of morpholine rings is 1. The van der Waals surface area contributed by atoms with E-state index in [0.29, 0.717) is 49.7 Å². The smallest absolute Gasteiger partial charge is 0.256 e. The van der Waals surface area contributed by atoms with Crippen LogP contribution in [0.2, 0.25) is 0 Å². The number of aliphatic hydroxyl groups is 1. The molecule has 2 fully saturated rings. The van der Waals surface area contributed by atoms with E-state index in [1.54, 1.807) is 17.0 Å². The lowest BCUT2D eigenvalue weighted by atomic mass is 9.92. The van der Waals surface area contributed by atoms with Gasteiger partial charge in [0.15, 0.2) is 0 Å². The van der Waals surface area contributed by atoms with Crippen LogP contribution < -0.4 is 10.6 Å². The Labute approximate surface area is 198 Å². The van der Waals surface area contributed by atoms with Crippen molar-refractivity contribution in [1.29, 1.82) is 0 Å². The van der Waals surface area contributed by atoms with Gasteiger partial charge in [-0.3, -0.25) is 14.5 Å². The van der Waals surface area contributed by atoms with Crippen molar-refractivity contribution in [3.63, 3.8) is 0 Å². The molecule has 0 aromatic heterocycles. The van der Waals surface area contributed by atoms with Crippen LogP contribution in [-0.4, -0.2) is 84.8 Å². The number of anilines is 1. The van der Waals surface area contributed by atoms with Crippen LogP contribution in [0.5, 0.6) is 0 Å². The maximum Gasteiger partial charge on any atom is 0.256 e. The number of hydrogen-bond acceptors (Lipinski definition) is 6. The van der Waals surface area contributed by atoms with Gasteiger partial charge in [0, 0.05) is 55.7 Å². The van der Waals surface area contributed by atoms with Gasteiger partial charge in [0.25, 0.3) is 5.91 Å². The van der Waals surface area contributed by atoms with Gasteiger partial charge in [0.1, 0.15) is 5.82 Å². The average Bonchev–Trinajstić information content (AvgIpc) is 3.23. The number of nitrogens with zero attached hydrogens (tertiary/aromatic N) is 2. The van der Waals surface area contributed by atoms with E-state index < -0.39 is 11.9 Å². The third kappa shape index (κ3) is 4.47. The molecule has 0 radical (unpaired) electrons. The fourth-order valence-electron chi connectivity index (χ4n) is 5.45. The van der Waals surface area contributed by atoms with Crippen LogP contribution in [0.1, 0.15) is 25.3 Å². The maximum absolute atomic E-state index is 13.8. The largest absolute Gasteiger partial charge is 0.390 e. The normalized spacial score (nSPS) is 27.4. The molecule has 182 valence electrons. The van der Waals surface area contributed by atoms with Gasteiger partial charge in [0.05, 0.1) is 30.8 Å². The van der Waals surface area contributed by atoms with E-state index in [-0.39, 0.29) is 23.8 Å². The summed E-state index contributed by atoms with van der Waals surface area (Å²) in [6, 6.07) is 4.17. The van der Waals surface area contributed by atoms with Crippen LogP contribution in [0.25, 0.3) is 5.57 Å². The van der Waals surface area contributed by atoms with Crippen molar-refractivity contribution in [3.8, 4) is 0 Å². The zero-order valence-electron chi connectivity index (χ0n) is 19.3. The molecule has 9 heteroatoms. The van der Waals surface area contributed by atoms with Crippen LogP contribution in [0.3, 0.4) is 0 Å². The minimum Gasteiger partial charge on any atom is -0.390 e. The molecule has 0 saturated carbocycles. The van der Waals surface area contributed by atoms with Crippen LogP contribution in [0.4, 0.5) is 10.1 Å². The van der Waals surface area contributed by atoms with Gasteiger partial charge in [-0.15, -0.1) is 0 Å². The summed E-state index contributed by atoms with van der Waals surface area (Å²) in [6.07, 6.45) is 2.76. The lowest BCUT2D eigenvalue weighted by Gasteiger charge is -2.31. The molecule has 0 spiro atoms. The molecule has 3 unspecified atom stereocenters. The van der Waals surface area contributed by atoms with Gasteiger partial charge < -0.3 is 25.4 Å². The first-order chi connectivity index (χ1) is 16.4. The minimum atomic E-state index is -0.618. The van der Waals surface area contributed by atoms with Crippen molar-refractivity contribution >= 4 is 23.1 Å². The third-order valence-corrected chi connectivity index (χ3v) is 7.21. The molecule has 4 aliphatic heterocycles. The number of halogens is 1. The molecule has 0 bridgehead atoms. The zero-order chi connectivity index (χ0) is 23.8. The number of carbonyl (C=O) groups excluding carboxylic acids is 2. The summed E-state index contributed by atoms with van der Waals surface area (Å²) in [4.78, 5) is 30.0. The van der Waals surface area contributed by atoms with E-state index in [4.69, 9.17) is 4.74 Å². The van der Waals surface area contributed by atoms with Gasteiger partial charge in [0.2, 0.25) is 5.91 Å². The summed E-state index contributed by atoms with van der Waals surface area (Å²) in [6.45, 7) is 6.28. The molecule has 1 aromatic carbocycles. The topological polar surface area (TPSA) is 94.1 Å². The van der Waals surface area contributed by atoms with Crippen molar-refractivity contribution < 1.29 is 23.8 Å². The number of benzene rings is 1. The Hall–Kier alpha value is -2.75. The van der Waals surface area contributed by atoms with Crippen molar-refractivity contribution in [2.75, 3.05) is 51.3 Å². The molecule has 2 saturated heterocycles. The van der Waals surface area contributed by atoms with E-state index in [0.717, 1.165) is 37.2 Å². The Kier molecular flexibility index (Phi) is 6.42.